The first-order chi connectivity index (χ1) is 10.3. The average molecular weight is 301 g/mol. The summed E-state index contributed by atoms with van der Waals surface area (Å²) in [7, 11) is 1.61. The highest BCUT2D eigenvalue weighted by atomic mass is 32.1. The van der Waals surface area contributed by atoms with Gasteiger partial charge in [0.15, 0.2) is 0 Å². The lowest BCUT2D eigenvalue weighted by Gasteiger charge is -2.02. The SMILES string of the molecule is COCCNC(=O)c1ccc(-c2ccnc3[nH]ccc23)s1. The highest BCUT2D eigenvalue weighted by molar-refractivity contribution is 7.17. The molecule has 3 aromatic heterocycles. The van der Waals surface area contributed by atoms with Crippen LogP contribution in [0, 0.1) is 0 Å². The molecule has 3 aromatic rings. The Morgan fingerprint density at radius 3 is 3.14 bits per heavy atom. The van der Waals surface area contributed by atoms with E-state index in [4.69, 9.17) is 4.74 Å². The number of aromatic amines is 1. The largest absolute Gasteiger partial charge is 0.383 e. The third kappa shape index (κ3) is 2.81. The van der Waals surface area contributed by atoms with E-state index in [1.807, 2.05) is 30.5 Å². The summed E-state index contributed by atoms with van der Waals surface area (Å²) in [4.78, 5) is 21.1. The molecule has 3 heterocycles. The number of methoxy groups -OCH3 is 1. The molecule has 0 fully saturated rings. The summed E-state index contributed by atoms with van der Waals surface area (Å²) < 4.78 is 4.92. The summed E-state index contributed by atoms with van der Waals surface area (Å²) in [5, 5.41) is 3.89. The number of rotatable bonds is 5. The van der Waals surface area contributed by atoms with Gasteiger partial charge in [0.2, 0.25) is 0 Å². The van der Waals surface area contributed by atoms with E-state index < -0.39 is 0 Å². The Morgan fingerprint density at radius 2 is 2.29 bits per heavy atom. The van der Waals surface area contributed by atoms with Crippen LogP contribution in [0.4, 0.5) is 0 Å². The van der Waals surface area contributed by atoms with Crippen molar-refractivity contribution in [2.45, 2.75) is 0 Å². The van der Waals surface area contributed by atoms with E-state index in [9.17, 15) is 4.79 Å². The number of amides is 1. The van der Waals surface area contributed by atoms with Crippen molar-refractivity contribution in [3.8, 4) is 10.4 Å². The van der Waals surface area contributed by atoms with Crippen molar-refractivity contribution in [3.63, 3.8) is 0 Å². The van der Waals surface area contributed by atoms with Crippen LogP contribution >= 0.6 is 11.3 Å². The molecule has 0 atom stereocenters. The number of carbonyl (C=O) groups excluding carboxylic acids is 1. The van der Waals surface area contributed by atoms with Gasteiger partial charge in [0.1, 0.15) is 5.65 Å². The smallest absolute Gasteiger partial charge is 0.261 e. The van der Waals surface area contributed by atoms with Crippen LogP contribution in [0.25, 0.3) is 21.5 Å². The van der Waals surface area contributed by atoms with E-state index in [0.29, 0.717) is 18.0 Å². The maximum absolute atomic E-state index is 12.0. The highest BCUT2D eigenvalue weighted by Crippen LogP contribution is 2.32. The molecule has 0 spiro atoms. The standard InChI is InChI=1S/C15H15N3O2S/c1-20-9-8-18-15(19)13-3-2-12(21-13)10-4-6-16-14-11(10)5-7-17-14/h2-7H,8-9H2,1H3,(H,16,17)(H,18,19). The van der Waals surface area contributed by atoms with Gasteiger partial charge in [-0.1, -0.05) is 0 Å². The Kier molecular flexibility index (Phi) is 3.98. The summed E-state index contributed by atoms with van der Waals surface area (Å²) in [5.74, 6) is -0.0670. The zero-order valence-electron chi connectivity index (χ0n) is 11.6. The predicted molar refractivity (Wildman–Crippen MR) is 83.6 cm³/mol. The fourth-order valence-corrected chi connectivity index (χ4v) is 3.10. The molecule has 0 aliphatic heterocycles. The minimum absolute atomic E-state index is 0.0670. The summed E-state index contributed by atoms with van der Waals surface area (Å²) in [5.41, 5.74) is 1.94. The van der Waals surface area contributed by atoms with Crippen LogP contribution in [0.3, 0.4) is 0 Å². The van der Waals surface area contributed by atoms with Crippen LogP contribution in [-0.4, -0.2) is 36.1 Å². The van der Waals surface area contributed by atoms with Crippen molar-refractivity contribution < 1.29 is 9.53 Å². The highest BCUT2D eigenvalue weighted by Gasteiger charge is 2.12. The molecule has 0 saturated heterocycles. The van der Waals surface area contributed by atoms with Crippen molar-refractivity contribution in [1.29, 1.82) is 0 Å². The Hall–Kier alpha value is -2.18. The third-order valence-electron chi connectivity index (χ3n) is 3.15. The molecule has 0 radical (unpaired) electrons. The molecule has 0 aromatic carbocycles. The molecule has 0 bridgehead atoms. The quantitative estimate of drug-likeness (QED) is 0.712. The van der Waals surface area contributed by atoms with Gasteiger partial charge in [0.05, 0.1) is 11.5 Å². The van der Waals surface area contributed by atoms with Gasteiger partial charge in [-0.2, -0.15) is 0 Å². The zero-order valence-corrected chi connectivity index (χ0v) is 12.4. The number of ether oxygens (including phenoxy) is 1. The second-order valence-corrected chi connectivity index (χ2v) is 5.59. The van der Waals surface area contributed by atoms with Crippen molar-refractivity contribution in [2.75, 3.05) is 20.3 Å². The maximum Gasteiger partial charge on any atom is 0.261 e. The van der Waals surface area contributed by atoms with Gasteiger partial charge >= 0.3 is 0 Å². The lowest BCUT2D eigenvalue weighted by molar-refractivity contribution is 0.0941. The number of nitrogens with zero attached hydrogens (tertiary/aromatic N) is 1. The number of H-pyrrole nitrogens is 1. The Bertz CT molecular complexity index is 763. The molecule has 108 valence electrons. The second-order valence-electron chi connectivity index (χ2n) is 4.51. The Balaban J connectivity index is 1.85. The number of fused-ring (bicyclic) bond motifs is 1. The third-order valence-corrected chi connectivity index (χ3v) is 4.26. The molecular weight excluding hydrogens is 286 g/mol. The first-order valence-corrected chi connectivity index (χ1v) is 7.40. The molecule has 0 saturated carbocycles. The molecule has 21 heavy (non-hydrogen) atoms. The number of thiophene rings is 1. The summed E-state index contributed by atoms with van der Waals surface area (Å²) in [6.45, 7) is 1.03. The van der Waals surface area contributed by atoms with Crippen LogP contribution in [0.1, 0.15) is 9.67 Å². The minimum Gasteiger partial charge on any atom is -0.383 e. The van der Waals surface area contributed by atoms with E-state index in [0.717, 1.165) is 21.5 Å². The van der Waals surface area contributed by atoms with Crippen LogP contribution < -0.4 is 5.32 Å². The number of aromatic nitrogens is 2. The van der Waals surface area contributed by atoms with Gasteiger partial charge in [-0.05, 0) is 24.3 Å². The van der Waals surface area contributed by atoms with Crippen molar-refractivity contribution in [3.05, 3.63) is 41.5 Å². The summed E-state index contributed by atoms with van der Waals surface area (Å²) >= 11 is 1.48. The first-order valence-electron chi connectivity index (χ1n) is 6.59. The van der Waals surface area contributed by atoms with Gasteiger partial charge in [-0.25, -0.2) is 4.98 Å². The van der Waals surface area contributed by atoms with Gasteiger partial charge < -0.3 is 15.0 Å². The molecule has 0 aliphatic carbocycles. The van der Waals surface area contributed by atoms with E-state index in [-0.39, 0.29) is 5.91 Å². The van der Waals surface area contributed by atoms with Crippen LogP contribution in [0.5, 0.6) is 0 Å². The van der Waals surface area contributed by atoms with Gasteiger partial charge in [0, 0.05) is 41.9 Å². The lowest BCUT2D eigenvalue weighted by Crippen LogP contribution is -2.26. The fourth-order valence-electron chi connectivity index (χ4n) is 2.13. The molecule has 6 heteroatoms. The maximum atomic E-state index is 12.0. The van der Waals surface area contributed by atoms with E-state index in [2.05, 4.69) is 15.3 Å². The number of hydrogen-bond donors (Lipinski definition) is 2. The molecule has 0 unspecified atom stereocenters. The minimum atomic E-state index is -0.0670. The van der Waals surface area contributed by atoms with E-state index in [1.165, 1.54) is 11.3 Å². The Morgan fingerprint density at radius 1 is 1.38 bits per heavy atom. The monoisotopic (exact) mass is 301 g/mol. The van der Waals surface area contributed by atoms with Crippen molar-refractivity contribution >= 4 is 28.3 Å². The van der Waals surface area contributed by atoms with Gasteiger partial charge in [-0.3, -0.25) is 4.79 Å². The van der Waals surface area contributed by atoms with E-state index in [1.54, 1.807) is 13.3 Å². The number of pyridine rings is 1. The molecule has 1 amide bonds. The number of hydrogen-bond acceptors (Lipinski definition) is 4. The summed E-state index contributed by atoms with van der Waals surface area (Å²) in [6.07, 6.45) is 3.64. The van der Waals surface area contributed by atoms with Gasteiger partial charge in [0.25, 0.3) is 5.91 Å². The molecule has 2 N–H and O–H groups in total. The second kappa shape index (κ2) is 6.07. The van der Waals surface area contributed by atoms with E-state index >= 15 is 0 Å². The fraction of sp³-hybridized carbons (Fsp3) is 0.200. The number of nitrogens with one attached hydrogen (secondary N) is 2. The van der Waals surface area contributed by atoms with Crippen LogP contribution in [0.2, 0.25) is 0 Å². The normalized spacial score (nSPS) is 10.9. The molecular formula is C15H15N3O2S. The average Bonchev–Trinajstić information content (AvgIpc) is 3.16. The van der Waals surface area contributed by atoms with Crippen LogP contribution in [-0.2, 0) is 4.74 Å². The molecule has 3 rings (SSSR count). The first kappa shape index (κ1) is 13.8. The predicted octanol–water partition coefficient (Wildman–Crippen LogP) is 2.67. The van der Waals surface area contributed by atoms with Gasteiger partial charge in [-0.15, -0.1) is 11.3 Å². The number of carbonyl (C=O) groups is 1. The van der Waals surface area contributed by atoms with Crippen molar-refractivity contribution in [2.24, 2.45) is 0 Å². The topological polar surface area (TPSA) is 67.0 Å². The molecule has 0 aliphatic rings. The lowest BCUT2D eigenvalue weighted by atomic mass is 10.1. The Labute approximate surface area is 126 Å². The van der Waals surface area contributed by atoms with Crippen molar-refractivity contribution in [1.82, 2.24) is 15.3 Å². The summed E-state index contributed by atoms with van der Waals surface area (Å²) in [6, 6.07) is 7.78. The zero-order chi connectivity index (χ0) is 14.7. The molecule has 5 nitrogen and oxygen atoms in total. The van der Waals surface area contributed by atoms with Crippen LogP contribution in [0.15, 0.2) is 36.7 Å².